The van der Waals surface area contributed by atoms with Crippen molar-refractivity contribution in [3.05, 3.63) is 0 Å². The van der Waals surface area contributed by atoms with Crippen molar-refractivity contribution in [1.82, 2.24) is 0 Å². The fourth-order valence-electron chi connectivity index (χ4n) is 3.88. The number of methoxy groups -OCH3 is 1. The van der Waals surface area contributed by atoms with Crippen LogP contribution in [0, 0.1) is 10.8 Å². The van der Waals surface area contributed by atoms with Crippen LogP contribution in [-0.2, 0) is 14.3 Å². The molecule has 0 radical (unpaired) electrons. The summed E-state index contributed by atoms with van der Waals surface area (Å²) >= 11 is 0. The number of carbonyl (C=O) groups excluding carboxylic acids is 2. The summed E-state index contributed by atoms with van der Waals surface area (Å²) in [5.41, 5.74) is -0.629. The number of rotatable bonds is 8. The first-order valence-corrected chi connectivity index (χ1v) is 7.62. The van der Waals surface area contributed by atoms with Gasteiger partial charge in [0.25, 0.3) is 0 Å². The summed E-state index contributed by atoms with van der Waals surface area (Å²) in [7, 11) is 1.39. The van der Waals surface area contributed by atoms with Crippen LogP contribution in [0.15, 0.2) is 0 Å². The second kappa shape index (κ2) is 6.53. The normalized spacial score (nSPS) is 19.6. The first-order chi connectivity index (χ1) is 9.00. The maximum atomic E-state index is 12.3. The molecule has 0 amide bonds. The Labute approximate surface area is 117 Å². The van der Waals surface area contributed by atoms with Crippen LogP contribution in [-0.4, -0.2) is 18.9 Å². The van der Waals surface area contributed by atoms with E-state index in [1.807, 2.05) is 6.92 Å². The number of carbonyl (C=O) groups is 2. The predicted octanol–water partition coefficient (Wildman–Crippen LogP) is 3.90. The Morgan fingerprint density at radius 2 is 1.53 bits per heavy atom. The molecule has 110 valence electrons. The molecule has 0 saturated heterocycles. The average Bonchev–Trinajstić information content (AvgIpc) is 2.34. The molecule has 1 fully saturated rings. The van der Waals surface area contributed by atoms with Crippen LogP contribution in [0.5, 0.6) is 0 Å². The van der Waals surface area contributed by atoms with Gasteiger partial charge in [0.05, 0.1) is 7.11 Å². The zero-order chi connectivity index (χ0) is 14.5. The van der Waals surface area contributed by atoms with Gasteiger partial charge in [-0.2, -0.15) is 0 Å². The lowest BCUT2D eigenvalue weighted by Crippen LogP contribution is -2.56. The van der Waals surface area contributed by atoms with Crippen molar-refractivity contribution in [2.45, 2.75) is 72.1 Å². The van der Waals surface area contributed by atoms with E-state index >= 15 is 0 Å². The van der Waals surface area contributed by atoms with Gasteiger partial charge in [-0.3, -0.25) is 9.59 Å². The highest BCUT2D eigenvalue weighted by atomic mass is 16.5. The maximum Gasteiger partial charge on any atom is 0.319 e. The molecule has 3 nitrogen and oxygen atoms in total. The number of ether oxygens (including phenoxy) is 1. The van der Waals surface area contributed by atoms with Gasteiger partial charge in [0, 0.05) is 6.42 Å². The molecule has 3 heteroatoms. The van der Waals surface area contributed by atoms with Crippen molar-refractivity contribution in [3.63, 3.8) is 0 Å². The van der Waals surface area contributed by atoms with E-state index in [4.69, 9.17) is 4.74 Å². The minimum Gasteiger partial charge on any atom is -0.468 e. The van der Waals surface area contributed by atoms with Crippen molar-refractivity contribution in [2.75, 3.05) is 7.11 Å². The van der Waals surface area contributed by atoms with E-state index in [2.05, 4.69) is 13.8 Å². The Balaban J connectivity index is 2.88. The van der Waals surface area contributed by atoms with Gasteiger partial charge in [0.15, 0.2) is 0 Å². The van der Waals surface area contributed by atoms with Gasteiger partial charge in [-0.15, -0.1) is 0 Å². The van der Waals surface area contributed by atoms with Gasteiger partial charge >= 0.3 is 5.97 Å². The van der Waals surface area contributed by atoms with E-state index in [9.17, 15) is 9.59 Å². The van der Waals surface area contributed by atoms with E-state index < -0.39 is 5.41 Å². The molecule has 0 bridgehead atoms. The lowest BCUT2D eigenvalue weighted by Gasteiger charge is -2.54. The number of esters is 1. The summed E-state index contributed by atoms with van der Waals surface area (Å²) in [6.45, 7) is 6.32. The van der Waals surface area contributed by atoms with E-state index in [0.717, 1.165) is 32.1 Å². The van der Waals surface area contributed by atoms with Gasteiger partial charge in [-0.25, -0.2) is 0 Å². The molecule has 0 spiro atoms. The molecular formula is C16H28O3. The lowest BCUT2D eigenvalue weighted by atomic mass is 9.48. The molecule has 19 heavy (non-hydrogen) atoms. The van der Waals surface area contributed by atoms with Crippen molar-refractivity contribution in [2.24, 2.45) is 10.8 Å². The fraction of sp³-hybridized carbons (Fsp3) is 0.875. The molecule has 0 unspecified atom stereocenters. The zero-order valence-electron chi connectivity index (χ0n) is 12.9. The molecule has 0 aliphatic heterocycles. The Hall–Kier alpha value is -0.860. The van der Waals surface area contributed by atoms with Crippen LogP contribution < -0.4 is 0 Å². The van der Waals surface area contributed by atoms with Gasteiger partial charge in [0.2, 0.25) is 0 Å². The van der Waals surface area contributed by atoms with Crippen molar-refractivity contribution in [1.29, 1.82) is 0 Å². The first kappa shape index (κ1) is 16.2. The molecule has 1 aliphatic rings. The average molecular weight is 268 g/mol. The standard InChI is InChI=1S/C16H28O3/c1-5-8-13(17)16(14(18)19-4)11-15(12-16,9-6-2)10-7-3/h5-12H2,1-4H3. The van der Waals surface area contributed by atoms with Crippen LogP contribution in [0.2, 0.25) is 0 Å². The van der Waals surface area contributed by atoms with Gasteiger partial charge < -0.3 is 4.74 Å². The molecule has 0 aromatic heterocycles. The summed E-state index contributed by atoms with van der Waals surface area (Å²) in [5, 5.41) is 0. The largest absolute Gasteiger partial charge is 0.468 e. The number of ketones is 1. The van der Waals surface area contributed by atoms with Crippen LogP contribution in [0.1, 0.15) is 72.1 Å². The Morgan fingerprint density at radius 1 is 1.00 bits per heavy atom. The van der Waals surface area contributed by atoms with Gasteiger partial charge in [0.1, 0.15) is 11.2 Å². The quantitative estimate of drug-likeness (QED) is 0.495. The minimum absolute atomic E-state index is 0.0877. The van der Waals surface area contributed by atoms with Crippen LogP contribution in [0.4, 0.5) is 0 Å². The van der Waals surface area contributed by atoms with Crippen molar-refractivity contribution in [3.8, 4) is 0 Å². The summed E-state index contributed by atoms with van der Waals surface area (Å²) in [6, 6.07) is 0. The highest BCUT2D eigenvalue weighted by Crippen LogP contribution is 2.60. The summed E-state index contributed by atoms with van der Waals surface area (Å²) in [6.07, 6.45) is 7.13. The van der Waals surface area contributed by atoms with Gasteiger partial charge in [-0.05, 0) is 37.5 Å². The first-order valence-electron chi connectivity index (χ1n) is 7.62. The van der Waals surface area contributed by atoms with Crippen LogP contribution in [0.3, 0.4) is 0 Å². The SMILES string of the molecule is CCCC(=O)C1(C(=O)OC)CC(CCC)(CCC)C1. The molecule has 0 N–H and O–H groups in total. The van der Waals surface area contributed by atoms with Crippen LogP contribution >= 0.6 is 0 Å². The molecule has 0 atom stereocenters. The zero-order valence-corrected chi connectivity index (χ0v) is 12.9. The third kappa shape index (κ3) is 3.01. The lowest BCUT2D eigenvalue weighted by molar-refractivity contribution is -0.177. The number of hydrogen-bond donors (Lipinski definition) is 0. The summed E-state index contributed by atoms with van der Waals surface area (Å²) in [4.78, 5) is 24.4. The Bertz CT molecular complexity index is 319. The highest BCUT2D eigenvalue weighted by molar-refractivity contribution is 6.05. The highest BCUT2D eigenvalue weighted by Gasteiger charge is 2.61. The third-order valence-corrected chi connectivity index (χ3v) is 4.50. The van der Waals surface area contributed by atoms with Crippen molar-refractivity contribution >= 4 is 11.8 Å². The monoisotopic (exact) mass is 268 g/mol. The molecule has 0 aromatic rings. The maximum absolute atomic E-state index is 12.3. The smallest absolute Gasteiger partial charge is 0.319 e. The van der Waals surface area contributed by atoms with E-state index in [-0.39, 0.29) is 17.2 Å². The van der Waals surface area contributed by atoms with E-state index in [0.29, 0.717) is 19.3 Å². The molecule has 0 heterocycles. The minimum atomic E-state index is -0.824. The van der Waals surface area contributed by atoms with E-state index in [1.54, 1.807) is 0 Å². The molecule has 1 aliphatic carbocycles. The van der Waals surface area contributed by atoms with Gasteiger partial charge in [-0.1, -0.05) is 33.6 Å². The summed E-state index contributed by atoms with van der Waals surface area (Å²) in [5.74, 6) is -0.224. The van der Waals surface area contributed by atoms with E-state index in [1.165, 1.54) is 7.11 Å². The predicted molar refractivity (Wildman–Crippen MR) is 75.8 cm³/mol. The second-order valence-electron chi connectivity index (χ2n) is 6.10. The molecule has 1 saturated carbocycles. The third-order valence-electron chi connectivity index (χ3n) is 4.50. The topological polar surface area (TPSA) is 43.4 Å². The van der Waals surface area contributed by atoms with Crippen LogP contribution in [0.25, 0.3) is 0 Å². The Kier molecular flexibility index (Phi) is 5.57. The summed E-state index contributed by atoms with van der Waals surface area (Å²) < 4.78 is 4.91. The molecule has 1 rings (SSSR count). The number of Topliss-reactive ketones (excluding diaryl/α,β-unsaturated/α-hetero) is 1. The van der Waals surface area contributed by atoms with Crippen molar-refractivity contribution < 1.29 is 14.3 Å². The molecular weight excluding hydrogens is 240 g/mol. The fourth-order valence-corrected chi connectivity index (χ4v) is 3.88. The Morgan fingerprint density at radius 3 is 1.89 bits per heavy atom. The second-order valence-corrected chi connectivity index (χ2v) is 6.10. The number of hydrogen-bond acceptors (Lipinski definition) is 3. The molecule has 0 aromatic carbocycles.